The Bertz CT molecular complexity index is 343. The van der Waals surface area contributed by atoms with Gasteiger partial charge in [-0.25, -0.2) is 0 Å². The molecule has 0 spiro atoms. The van der Waals surface area contributed by atoms with E-state index in [4.69, 9.17) is 4.42 Å². The summed E-state index contributed by atoms with van der Waals surface area (Å²) >= 11 is 0. The maximum absolute atomic E-state index is 11.2. The molecule has 0 saturated carbocycles. The molecule has 4 heteroatoms. The Hall–Kier alpha value is -1.29. The van der Waals surface area contributed by atoms with Gasteiger partial charge in [0.2, 0.25) is 0 Å². The first-order chi connectivity index (χ1) is 7.41. The molecule has 1 heterocycles. The van der Waals surface area contributed by atoms with Crippen LogP contribution in [0.25, 0.3) is 0 Å². The molecule has 0 aromatic carbocycles. The quantitative estimate of drug-likeness (QED) is 0.836. The van der Waals surface area contributed by atoms with Gasteiger partial charge in [-0.15, -0.1) is 0 Å². The van der Waals surface area contributed by atoms with Gasteiger partial charge in [-0.05, 0) is 39.4 Å². The molecule has 1 atom stereocenters. The minimum Gasteiger partial charge on any atom is -0.480 e. The van der Waals surface area contributed by atoms with Crippen LogP contribution in [-0.4, -0.2) is 28.1 Å². The summed E-state index contributed by atoms with van der Waals surface area (Å²) < 4.78 is 5.32. The molecule has 0 saturated heterocycles. The van der Waals surface area contributed by atoms with Crippen LogP contribution in [0, 0.1) is 0 Å². The van der Waals surface area contributed by atoms with Crippen LogP contribution in [0.5, 0.6) is 0 Å². The van der Waals surface area contributed by atoms with Crippen molar-refractivity contribution in [1.29, 1.82) is 0 Å². The number of nitrogens with zero attached hydrogens (tertiary/aromatic N) is 1. The fraction of sp³-hybridized carbons (Fsp3) is 0.583. The van der Waals surface area contributed by atoms with E-state index in [9.17, 15) is 9.90 Å². The Balaban J connectivity index is 2.95. The van der Waals surface area contributed by atoms with Crippen LogP contribution in [0.3, 0.4) is 0 Å². The van der Waals surface area contributed by atoms with Crippen LogP contribution in [-0.2, 0) is 4.79 Å². The lowest BCUT2D eigenvalue weighted by molar-refractivity contribution is -0.151. The van der Waals surface area contributed by atoms with E-state index >= 15 is 0 Å². The Morgan fingerprint density at radius 3 is 2.62 bits per heavy atom. The topological polar surface area (TPSA) is 53.7 Å². The minimum absolute atomic E-state index is 0.0499. The zero-order chi connectivity index (χ0) is 12.3. The van der Waals surface area contributed by atoms with E-state index in [2.05, 4.69) is 0 Å². The Kier molecular flexibility index (Phi) is 3.75. The van der Waals surface area contributed by atoms with Crippen molar-refractivity contribution < 1.29 is 14.3 Å². The van der Waals surface area contributed by atoms with Crippen molar-refractivity contribution in [2.24, 2.45) is 0 Å². The van der Waals surface area contributed by atoms with E-state index in [1.54, 1.807) is 20.1 Å². The minimum atomic E-state index is -0.902. The van der Waals surface area contributed by atoms with Crippen molar-refractivity contribution in [1.82, 2.24) is 4.90 Å². The SMILES string of the molecule is CCN(C(C)c1ccco1)C(C)(C)C(=O)O. The average Bonchev–Trinajstić information content (AvgIpc) is 2.70. The van der Waals surface area contributed by atoms with Gasteiger partial charge in [0.25, 0.3) is 0 Å². The standard InChI is InChI=1S/C12H19NO3/c1-5-13(12(3,4)11(14)15)9(2)10-7-6-8-16-10/h6-9H,5H2,1-4H3,(H,14,15). The molecule has 0 radical (unpaired) electrons. The predicted molar refractivity (Wildman–Crippen MR) is 61.2 cm³/mol. The first kappa shape index (κ1) is 12.8. The maximum Gasteiger partial charge on any atom is 0.323 e. The summed E-state index contributed by atoms with van der Waals surface area (Å²) in [7, 11) is 0. The lowest BCUT2D eigenvalue weighted by Gasteiger charge is -2.37. The zero-order valence-electron chi connectivity index (χ0n) is 10.2. The normalized spacial score (nSPS) is 14.1. The molecule has 0 aliphatic rings. The van der Waals surface area contributed by atoms with E-state index in [0.29, 0.717) is 6.54 Å². The third-order valence-corrected chi connectivity index (χ3v) is 3.00. The molecule has 4 nitrogen and oxygen atoms in total. The molecule has 0 bridgehead atoms. The van der Waals surface area contributed by atoms with Crippen LogP contribution >= 0.6 is 0 Å². The average molecular weight is 225 g/mol. The highest BCUT2D eigenvalue weighted by Gasteiger charge is 2.37. The van der Waals surface area contributed by atoms with Gasteiger partial charge in [0.05, 0.1) is 12.3 Å². The molecular weight excluding hydrogens is 206 g/mol. The smallest absolute Gasteiger partial charge is 0.323 e. The van der Waals surface area contributed by atoms with Gasteiger partial charge in [0.1, 0.15) is 11.3 Å². The third kappa shape index (κ3) is 2.27. The Labute approximate surface area is 95.9 Å². The molecule has 1 aromatic heterocycles. The first-order valence-electron chi connectivity index (χ1n) is 5.44. The van der Waals surface area contributed by atoms with Crippen LogP contribution in [0.4, 0.5) is 0 Å². The summed E-state index contributed by atoms with van der Waals surface area (Å²) in [5, 5.41) is 9.22. The van der Waals surface area contributed by atoms with Gasteiger partial charge in [0.15, 0.2) is 0 Å². The van der Waals surface area contributed by atoms with Gasteiger partial charge < -0.3 is 9.52 Å². The van der Waals surface area contributed by atoms with Crippen LogP contribution in [0.15, 0.2) is 22.8 Å². The van der Waals surface area contributed by atoms with Gasteiger partial charge in [-0.3, -0.25) is 9.69 Å². The number of hydrogen-bond donors (Lipinski definition) is 1. The summed E-state index contributed by atoms with van der Waals surface area (Å²) in [4.78, 5) is 13.1. The van der Waals surface area contributed by atoms with Crippen LogP contribution < -0.4 is 0 Å². The number of aliphatic carboxylic acids is 1. The van der Waals surface area contributed by atoms with Gasteiger partial charge in [0, 0.05) is 0 Å². The summed E-state index contributed by atoms with van der Waals surface area (Å²) in [6, 6.07) is 3.63. The highest BCUT2D eigenvalue weighted by molar-refractivity contribution is 5.77. The van der Waals surface area contributed by atoms with Crippen LogP contribution in [0.2, 0.25) is 0 Å². The molecule has 1 aromatic rings. The van der Waals surface area contributed by atoms with Crippen molar-refractivity contribution in [3.8, 4) is 0 Å². The number of carboxylic acid groups (broad SMARTS) is 1. The molecule has 0 fully saturated rings. The lowest BCUT2D eigenvalue weighted by Crippen LogP contribution is -2.50. The largest absolute Gasteiger partial charge is 0.480 e. The molecule has 0 aliphatic carbocycles. The van der Waals surface area contributed by atoms with Gasteiger partial charge >= 0.3 is 5.97 Å². The molecule has 1 rings (SSSR count). The van der Waals surface area contributed by atoms with Crippen molar-refractivity contribution in [2.75, 3.05) is 6.54 Å². The maximum atomic E-state index is 11.2. The number of furan rings is 1. The van der Waals surface area contributed by atoms with E-state index < -0.39 is 11.5 Å². The predicted octanol–water partition coefficient (Wildman–Crippen LogP) is 2.53. The molecule has 0 aliphatic heterocycles. The monoisotopic (exact) mass is 225 g/mol. The van der Waals surface area contributed by atoms with E-state index in [0.717, 1.165) is 5.76 Å². The molecule has 1 unspecified atom stereocenters. The molecule has 1 N–H and O–H groups in total. The molecule has 0 amide bonds. The second-order valence-corrected chi connectivity index (χ2v) is 4.34. The number of carboxylic acids is 1. The van der Waals surface area contributed by atoms with Crippen molar-refractivity contribution in [2.45, 2.75) is 39.3 Å². The number of likely N-dealkylation sites (N-methyl/N-ethyl adjacent to an activating group) is 1. The second kappa shape index (κ2) is 4.70. The van der Waals surface area contributed by atoms with Crippen LogP contribution in [0.1, 0.15) is 39.5 Å². The van der Waals surface area contributed by atoms with Crippen molar-refractivity contribution in [3.05, 3.63) is 24.2 Å². The molecular formula is C12H19NO3. The third-order valence-electron chi connectivity index (χ3n) is 3.00. The Morgan fingerprint density at radius 2 is 2.25 bits per heavy atom. The highest BCUT2D eigenvalue weighted by Crippen LogP contribution is 2.28. The second-order valence-electron chi connectivity index (χ2n) is 4.34. The lowest BCUT2D eigenvalue weighted by atomic mass is 10.00. The zero-order valence-corrected chi connectivity index (χ0v) is 10.2. The van der Waals surface area contributed by atoms with E-state index in [-0.39, 0.29) is 6.04 Å². The Morgan fingerprint density at radius 1 is 1.62 bits per heavy atom. The van der Waals surface area contributed by atoms with E-state index in [1.165, 1.54) is 0 Å². The number of rotatable bonds is 5. The summed E-state index contributed by atoms with van der Waals surface area (Å²) in [5.74, 6) is -0.0380. The molecule has 90 valence electrons. The van der Waals surface area contributed by atoms with Crippen molar-refractivity contribution >= 4 is 5.97 Å². The van der Waals surface area contributed by atoms with Gasteiger partial charge in [-0.2, -0.15) is 0 Å². The van der Waals surface area contributed by atoms with Gasteiger partial charge in [-0.1, -0.05) is 6.92 Å². The van der Waals surface area contributed by atoms with E-state index in [1.807, 2.05) is 30.9 Å². The summed E-state index contributed by atoms with van der Waals surface area (Å²) in [6.07, 6.45) is 1.60. The number of hydrogen-bond acceptors (Lipinski definition) is 3. The first-order valence-corrected chi connectivity index (χ1v) is 5.44. The highest BCUT2D eigenvalue weighted by atomic mass is 16.4. The summed E-state index contributed by atoms with van der Waals surface area (Å²) in [6.45, 7) is 7.97. The molecule has 16 heavy (non-hydrogen) atoms. The van der Waals surface area contributed by atoms with Crippen molar-refractivity contribution in [3.63, 3.8) is 0 Å². The summed E-state index contributed by atoms with van der Waals surface area (Å²) in [5.41, 5.74) is -0.902. The number of carbonyl (C=O) groups is 1. The fourth-order valence-electron chi connectivity index (χ4n) is 1.96. The fourth-order valence-corrected chi connectivity index (χ4v) is 1.96.